The normalized spacial score (nSPS) is 32.7. The lowest BCUT2D eigenvalue weighted by molar-refractivity contribution is -0.146. The van der Waals surface area contributed by atoms with Gasteiger partial charge in [0, 0.05) is 25.0 Å². The molecule has 5 nitrogen and oxygen atoms in total. The van der Waals surface area contributed by atoms with Crippen molar-refractivity contribution in [3.8, 4) is 0 Å². The number of aliphatic hydroxyl groups is 1. The van der Waals surface area contributed by atoms with Crippen LogP contribution in [0, 0.1) is 5.92 Å². The molecule has 1 N–H and O–H groups in total. The fourth-order valence-corrected chi connectivity index (χ4v) is 3.82. The third-order valence-electron chi connectivity index (χ3n) is 4.84. The highest BCUT2D eigenvalue weighted by atomic mass is 16.5. The Morgan fingerprint density at radius 1 is 1.48 bits per heavy atom. The van der Waals surface area contributed by atoms with E-state index in [2.05, 4.69) is 9.88 Å². The van der Waals surface area contributed by atoms with E-state index in [0.29, 0.717) is 12.5 Å². The molecule has 0 aromatic carbocycles. The van der Waals surface area contributed by atoms with Gasteiger partial charge in [0.05, 0.1) is 13.2 Å². The number of esters is 1. The molecule has 4 atom stereocenters. The average molecular weight is 290 g/mol. The summed E-state index contributed by atoms with van der Waals surface area (Å²) in [4.78, 5) is 18.4. The van der Waals surface area contributed by atoms with Crippen molar-refractivity contribution >= 4 is 5.97 Å². The molecule has 1 saturated heterocycles. The molecule has 2 fully saturated rings. The van der Waals surface area contributed by atoms with Crippen LogP contribution in [0.5, 0.6) is 0 Å². The van der Waals surface area contributed by atoms with Gasteiger partial charge in [0.1, 0.15) is 6.04 Å². The first kappa shape index (κ1) is 14.5. The van der Waals surface area contributed by atoms with Crippen LogP contribution in [-0.4, -0.2) is 46.3 Å². The molecule has 0 amide bonds. The number of carbonyl (C=O) groups is 1. The number of aromatic nitrogens is 1. The summed E-state index contributed by atoms with van der Waals surface area (Å²) in [5.74, 6) is 0.317. The molecule has 114 valence electrons. The van der Waals surface area contributed by atoms with E-state index in [0.717, 1.165) is 31.2 Å². The molecule has 0 radical (unpaired) electrons. The molecule has 2 heterocycles. The lowest BCUT2D eigenvalue weighted by Crippen LogP contribution is -2.44. The van der Waals surface area contributed by atoms with E-state index in [-0.39, 0.29) is 24.2 Å². The van der Waals surface area contributed by atoms with Crippen LogP contribution in [0.15, 0.2) is 24.5 Å². The van der Waals surface area contributed by atoms with Gasteiger partial charge in [-0.2, -0.15) is 0 Å². The van der Waals surface area contributed by atoms with Gasteiger partial charge in [-0.1, -0.05) is 6.07 Å². The van der Waals surface area contributed by atoms with Gasteiger partial charge >= 0.3 is 5.97 Å². The maximum Gasteiger partial charge on any atom is 0.323 e. The molecule has 2 aliphatic rings. The molecule has 3 rings (SSSR count). The molecule has 0 unspecified atom stereocenters. The van der Waals surface area contributed by atoms with E-state index in [1.807, 2.05) is 18.3 Å². The number of carbonyl (C=O) groups excluding carboxylic acids is 1. The number of likely N-dealkylation sites (tertiary alicyclic amines) is 1. The highest BCUT2D eigenvalue weighted by molar-refractivity contribution is 5.76. The van der Waals surface area contributed by atoms with E-state index < -0.39 is 0 Å². The predicted molar refractivity (Wildman–Crippen MR) is 77.3 cm³/mol. The number of aliphatic hydroxyl groups excluding tert-OH is 1. The van der Waals surface area contributed by atoms with Gasteiger partial charge in [-0.15, -0.1) is 0 Å². The number of hydrogen-bond donors (Lipinski definition) is 1. The molecule has 0 bridgehead atoms. The van der Waals surface area contributed by atoms with Crippen molar-refractivity contribution in [1.82, 2.24) is 9.88 Å². The molecule has 0 spiro atoms. The molecular formula is C16H22N2O3. The number of ether oxygens (including phenoxy) is 1. The first-order valence-electron chi connectivity index (χ1n) is 7.59. The highest BCUT2D eigenvalue weighted by Crippen LogP contribution is 2.40. The standard InChI is InChI=1S/C16H22N2O3/c1-21-16(20)15-7-12-4-5-13(19)8-14(12)18(15)10-11-3-2-6-17-9-11/h2-3,6,9,12-15,19H,4-5,7-8,10H2,1H3/t12-,13-,14-,15+/m1/s1. The number of nitrogens with zero attached hydrogens (tertiary/aromatic N) is 2. The van der Waals surface area contributed by atoms with Crippen LogP contribution in [0.2, 0.25) is 0 Å². The van der Waals surface area contributed by atoms with E-state index in [9.17, 15) is 9.90 Å². The lowest BCUT2D eigenvalue weighted by Gasteiger charge is -2.35. The molecule has 1 saturated carbocycles. The summed E-state index contributed by atoms with van der Waals surface area (Å²) >= 11 is 0. The van der Waals surface area contributed by atoms with Crippen LogP contribution in [0.25, 0.3) is 0 Å². The fourth-order valence-electron chi connectivity index (χ4n) is 3.82. The molecular weight excluding hydrogens is 268 g/mol. The monoisotopic (exact) mass is 290 g/mol. The molecule has 1 aliphatic carbocycles. The summed E-state index contributed by atoms with van der Waals surface area (Å²) in [6.07, 6.45) is 6.75. The van der Waals surface area contributed by atoms with Crippen molar-refractivity contribution in [1.29, 1.82) is 0 Å². The Balaban J connectivity index is 1.82. The first-order valence-corrected chi connectivity index (χ1v) is 7.59. The van der Waals surface area contributed by atoms with Crippen LogP contribution in [0.1, 0.15) is 31.2 Å². The summed E-state index contributed by atoms with van der Waals surface area (Å²) in [5, 5.41) is 9.97. The van der Waals surface area contributed by atoms with Gasteiger partial charge in [0.15, 0.2) is 0 Å². The van der Waals surface area contributed by atoms with Gasteiger partial charge in [-0.05, 0) is 43.2 Å². The van der Waals surface area contributed by atoms with Crippen LogP contribution in [0.4, 0.5) is 0 Å². The number of rotatable bonds is 3. The number of methoxy groups -OCH3 is 1. The Labute approximate surface area is 124 Å². The SMILES string of the molecule is COC(=O)[C@@H]1C[C@H]2CC[C@@H](O)C[C@H]2N1Cc1cccnc1. The Morgan fingerprint density at radius 3 is 3.05 bits per heavy atom. The second kappa shape index (κ2) is 6.12. The van der Waals surface area contributed by atoms with Crippen LogP contribution in [0.3, 0.4) is 0 Å². The third-order valence-corrected chi connectivity index (χ3v) is 4.84. The van der Waals surface area contributed by atoms with Gasteiger partial charge in [-0.3, -0.25) is 14.7 Å². The highest BCUT2D eigenvalue weighted by Gasteiger charge is 2.47. The Bertz CT molecular complexity index is 494. The van der Waals surface area contributed by atoms with Crippen LogP contribution >= 0.6 is 0 Å². The van der Waals surface area contributed by atoms with Crippen molar-refractivity contribution < 1.29 is 14.6 Å². The van der Waals surface area contributed by atoms with Crippen molar-refractivity contribution in [2.24, 2.45) is 5.92 Å². The largest absolute Gasteiger partial charge is 0.468 e. The second-order valence-electron chi connectivity index (χ2n) is 6.10. The maximum absolute atomic E-state index is 12.1. The third kappa shape index (κ3) is 2.94. The number of hydrogen-bond acceptors (Lipinski definition) is 5. The molecule has 21 heavy (non-hydrogen) atoms. The Kier molecular flexibility index (Phi) is 4.22. The quantitative estimate of drug-likeness (QED) is 0.852. The summed E-state index contributed by atoms with van der Waals surface area (Å²) in [6, 6.07) is 3.99. The van der Waals surface area contributed by atoms with Gasteiger partial charge < -0.3 is 9.84 Å². The molecule has 5 heteroatoms. The van der Waals surface area contributed by atoms with Crippen molar-refractivity contribution in [2.45, 2.75) is 50.4 Å². The summed E-state index contributed by atoms with van der Waals surface area (Å²) in [5.41, 5.74) is 1.09. The molecule has 1 aliphatic heterocycles. The minimum Gasteiger partial charge on any atom is -0.468 e. The zero-order valence-corrected chi connectivity index (χ0v) is 12.3. The van der Waals surface area contributed by atoms with Crippen molar-refractivity contribution in [2.75, 3.05) is 7.11 Å². The predicted octanol–water partition coefficient (Wildman–Crippen LogP) is 1.36. The van der Waals surface area contributed by atoms with E-state index in [1.165, 1.54) is 7.11 Å². The van der Waals surface area contributed by atoms with Crippen LogP contribution in [-0.2, 0) is 16.1 Å². The number of pyridine rings is 1. The van der Waals surface area contributed by atoms with Crippen molar-refractivity contribution in [3.05, 3.63) is 30.1 Å². The fraction of sp³-hybridized carbons (Fsp3) is 0.625. The second-order valence-corrected chi connectivity index (χ2v) is 6.10. The van der Waals surface area contributed by atoms with Gasteiger partial charge in [0.2, 0.25) is 0 Å². The average Bonchev–Trinajstić information content (AvgIpc) is 2.86. The Hall–Kier alpha value is -1.46. The van der Waals surface area contributed by atoms with Gasteiger partial charge in [-0.25, -0.2) is 0 Å². The zero-order chi connectivity index (χ0) is 14.8. The summed E-state index contributed by atoms with van der Waals surface area (Å²) in [7, 11) is 1.45. The smallest absolute Gasteiger partial charge is 0.323 e. The topological polar surface area (TPSA) is 62.7 Å². The minimum atomic E-state index is -0.251. The van der Waals surface area contributed by atoms with E-state index in [1.54, 1.807) is 6.20 Å². The Morgan fingerprint density at radius 2 is 2.33 bits per heavy atom. The summed E-state index contributed by atoms with van der Waals surface area (Å²) in [6.45, 7) is 0.682. The maximum atomic E-state index is 12.1. The lowest BCUT2D eigenvalue weighted by atomic mass is 9.83. The minimum absolute atomic E-state index is 0.164. The van der Waals surface area contributed by atoms with Crippen LogP contribution < -0.4 is 0 Å². The molecule has 1 aromatic rings. The molecule has 1 aromatic heterocycles. The van der Waals surface area contributed by atoms with E-state index >= 15 is 0 Å². The van der Waals surface area contributed by atoms with Gasteiger partial charge in [0.25, 0.3) is 0 Å². The van der Waals surface area contributed by atoms with E-state index in [4.69, 9.17) is 4.74 Å². The first-order chi connectivity index (χ1) is 10.2. The zero-order valence-electron chi connectivity index (χ0n) is 12.3. The van der Waals surface area contributed by atoms with Crippen molar-refractivity contribution in [3.63, 3.8) is 0 Å². The number of fused-ring (bicyclic) bond motifs is 1. The summed E-state index contributed by atoms with van der Waals surface area (Å²) < 4.78 is 4.98.